The van der Waals surface area contributed by atoms with Gasteiger partial charge in [-0.05, 0) is 23.6 Å². The summed E-state index contributed by atoms with van der Waals surface area (Å²) in [6.45, 7) is 8.05. The number of hydrogen-bond acceptors (Lipinski definition) is 0. The van der Waals surface area contributed by atoms with E-state index >= 15 is 0 Å². The molecule has 0 aliphatic carbocycles. The van der Waals surface area contributed by atoms with Gasteiger partial charge in [0.1, 0.15) is 5.82 Å². The highest BCUT2D eigenvalue weighted by Crippen LogP contribution is 2.24. The molecule has 1 aromatic carbocycles. The van der Waals surface area contributed by atoms with Crippen LogP contribution in [0.3, 0.4) is 0 Å². The van der Waals surface area contributed by atoms with Crippen molar-refractivity contribution in [1.29, 1.82) is 0 Å². The second-order valence-corrected chi connectivity index (χ2v) is 3.23. The Morgan fingerprint density at radius 3 is 2.15 bits per heavy atom. The fourth-order valence-electron chi connectivity index (χ4n) is 0.970. The summed E-state index contributed by atoms with van der Waals surface area (Å²) in [5.74, 6) is 0.0718. The molecule has 2 heteroatoms. The SMILES string of the molecule is CC.CC(C)c1ccc(F)cc1Cl. The van der Waals surface area contributed by atoms with Crippen LogP contribution in [0.4, 0.5) is 4.39 Å². The van der Waals surface area contributed by atoms with Gasteiger partial charge in [0.25, 0.3) is 0 Å². The molecule has 0 unspecified atom stereocenters. The summed E-state index contributed by atoms with van der Waals surface area (Å²) in [7, 11) is 0. The minimum Gasteiger partial charge on any atom is -0.207 e. The molecule has 0 heterocycles. The molecule has 0 nitrogen and oxygen atoms in total. The van der Waals surface area contributed by atoms with E-state index in [9.17, 15) is 4.39 Å². The number of hydrogen-bond donors (Lipinski definition) is 0. The highest BCUT2D eigenvalue weighted by Gasteiger charge is 2.04. The molecule has 0 aliphatic rings. The van der Waals surface area contributed by atoms with Crippen LogP contribution in [-0.4, -0.2) is 0 Å². The van der Waals surface area contributed by atoms with Gasteiger partial charge in [-0.1, -0.05) is 45.4 Å². The van der Waals surface area contributed by atoms with Crippen LogP contribution in [0.15, 0.2) is 18.2 Å². The number of halogens is 2. The zero-order valence-electron chi connectivity index (χ0n) is 8.57. The van der Waals surface area contributed by atoms with E-state index < -0.39 is 0 Å². The zero-order valence-corrected chi connectivity index (χ0v) is 9.32. The number of benzene rings is 1. The minimum absolute atomic E-state index is 0.278. The molecule has 0 aromatic heterocycles. The smallest absolute Gasteiger partial charge is 0.124 e. The second kappa shape index (κ2) is 5.98. The van der Waals surface area contributed by atoms with E-state index in [-0.39, 0.29) is 5.82 Å². The van der Waals surface area contributed by atoms with Crippen molar-refractivity contribution >= 4 is 11.6 Å². The molecule has 0 saturated carbocycles. The van der Waals surface area contributed by atoms with Gasteiger partial charge in [-0.2, -0.15) is 0 Å². The molecule has 74 valence electrons. The summed E-state index contributed by atoms with van der Waals surface area (Å²) < 4.78 is 12.5. The molecule has 0 N–H and O–H groups in total. The van der Waals surface area contributed by atoms with Crippen molar-refractivity contribution in [3.63, 3.8) is 0 Å². The van der Waals surface area contributed by atoms with E-state index in [2.05, 4.69) is 0 Å². The van der Waals surface area contributed by atoms with Gasteiger partial charge in [0.05, 0.1) is 0 Å². The first-order chi connectivity index (χ1) is 6.11. The molecule has 1 rings (SSSR count). The summed E-state index contributed by atoms with van der Waals surface area (Å²) in [6.07, 6.45) is 0. The van der Waals surface area contributed by atoms with Crippen LogP contribution < -0.4 is 0 Å². The monoisotopic (exact) mass is 202 g/mol. The number of rotatable bonds is 1. The van der Waals surface area contributed by atoms with Gasteiger partial charge in [-0.3, -0.25) is 0 Å². The van der Waals surface area contributed by atoms with Crippen LogP contribution in [0.1, 0.15) is 39.2 Å². The standard InChI is InChI=1S/C9H10ClF.C2H6/c1-6(2)8-4-3-7(11)5-9(8)10;1-2/h3-6H,1-2H3;1-2H3. The van der Waals surface area contributed by atoms with Gasteiger partial charge in [0.2, 0.25) is 0 Å². The van der Waals surface area contributed by atoms with E-state index in [0.717, 1.165) is 5.56 Å². The maximum absolute atomic E-state index is 12.5. The van der Waals surface area contributed by atoms with Crippen molar-refractivity contribution in [1.82, 2.24) is 0 Å². The topological polar surface area (TPSA) is 0 Å². The molecule has 13 heavy (non-hydrogen) atoms. The minimum atomic E-state index is -0.278. The predicted molar refractivity (Wildman–Crippen MR) is 56.8 cm³/mol. The quantitative estimate of drug-likeness (QED) is 0.623. The zero-order chi connectivity index (χ0) is 10.4. The maximum Gasteiger partial charge on any atom is 0.124 e. The normalized spacial score (nSPS) is 9.46. The lowest BCUT2D eigenvalue weighted by atomic mass is 10.0. The van der Waals surface area contributed by atoms with Crippen molar-refractivity contribution in [3.8, 4) is 0 Å². The third kappa shape index (κ3) is 3.77. The highest BCUT2D eigenvalue weighted by molar-refractivity contribution is 6.31. The van der Waals surface area contributed by atoms with Crippen LogP contribution in [0.2, 0.25) is 5.02 Å². The van der Waals surface area contributed by atoms with E-state index in [4.69, 9.17) is 11.6 Å². The molecule has 0 bridgehead atoms. The first-order valence-electron chi connectivity index (χ1n) is 4.56. The van der Waals surface area contributed by atoms with Crippen molar-refractivity contribution in [2.24, 2.45) is 0 Å². The van der Waals surface area contributed by atoms with Crippen LogP contribution in [0.5, 0.6) is 0 Å². The second-order valence-electron chi connectivity index (χ2n) is 2.82. The molecule has 0 spiro atoms. The van der Waals surface area contributed by atoms with Crippen LogP contribution >= 0.6 is 11.6 Å². The Morgan fingerprint density at radius 2 is 1.77 bits per heavy atom. The predicted octanol–water partition coefficient (Wildman–Crippen LogP) is 4.63. The summed E-state index contributed by atoms with van der Waals surface area (Å²) in [5, 5.41) is 0.514. The lowest BCUT2D eigenvalue weighted by Crippen LogP contribution is -1.88. The van der Waals surface area contributed by atoms with Crippen LogP contribution in [0, 0.1) is 5.82 Å². The van der Waals surface area contributed by atoms with E-state index in [1.807, 2.05) is 27.7 Å². The summed E-state index contributed by atoms with van der Waals surface area (Å²) in [4.78, 5) is 0. The molecule has 0 atom stereocenters. The molecule has 1 aromatic rings. The third-order valence-corrected chi connectivity index (χ3v) is 1.91. The summed E-state index contributed by atoms with van der Waals surface area (Å²) in [5.41, 5.74) is 0.994. The molecule has 0 radical (unpaired) electrons. The van der Waals surface area contributed by atoms with Crippen LogP contribution in [0.25, 0.3) is 0 Å². The molecule has 0 aliphatic heterocycles. The van der Waals surface area contributed by atoms with Gasteiger partial charge in [0, 0.05) is 5.02 Å². The van der Waals surface area contributed by atoms with E-state index in [1.54, 1.807) is 6.07 Å². The Bertz CT molecular complexity index is 256. The molecule has 0 fully saturated rings. The average molecular weight is 203 g/mol. The molecule has 0 amide bonds. The molecule has 0 saturated heterocycles. The summed E-state index contributed by atoms with van der Waals surface area (Å²) in [6, 6.07) is 4.50. The van der Waals surface area contributed by atoms with E-state index in [1.165, 1.54) is 12.1 Å². The van der Waals surface area contributed by atoms with Gasteiger partial charge >= 0.3 is 0 Å². The van der Waals surface area contributed by atoms with Gasteiger partial charge < -0.3 is 0 Å². The lowest BCUT2D eigenvalue weighted by molar-refractivity contribution is 0.626. The Hall–Kier alpha value is -0.560. The van der Waals surface area contributed by atoms with E-state index in [0.29, 0.717) is 10.9 Å². The first kappa shape index (κ1) is 12.4. The molecular formula is C11H16ClF. The van der Waals surface area contributed by atoms with Crippen LogP contribution in [-0.2, 0) is 0 Å². The van der Waals surface area contributed by atoms with Gasteiger partial charge in [-0.15, -0.1) is 0 Å². The Labute approximate surface area is 84.7 Å². The highest BCUT2D eigenvalue weighted by atomic mass is 35.5. The fourth-order valence-corrected chi connectivity index (χ4v) is 1.36. The third-order valence-electron chi connectivity index (χ3n) is 1.58. The fraction of sp³-hybridized carbons (Fsp3) is 0.455. The Morgan fingerprint density at radius 1 is 1.23 bits per heavy atom. The van der Waals surface area contributed by atoms with Gasteiger partial charge in [-0.25, -0.2) is 4.39 Å². The Balaban J connectivity index is 0.000000671. The van der Waals surface area contributed by atoms with Crippen molar-refractivity contribution in [2.45, 2.75) is 33.6 Å². The Kier molecular flexibility index (Phi) is 5.72. The van der Waals surface area contributed by atoms with Crippen molar-refractivity contribution in [3.05, 3.63) is 34.6 Å². The van der Waals surface area contributed by atoms with Crippen molar-refractivity contribution < 1.29 is 4.39 Å². The lowest BCUT2D eigenvalue weighted by Gasteiger charge is -2.06. The van der Waals surface area contributed by atoms with Gasteiger partial charge in [0.15, 0.2) is 0 Å². The largest absolute Gasteiger partial charge is 0.207 e. The first-order valence-corrected chi connectivity index (χ1v) is 4.94. The maximum atomic E-state index is 12.5. The average Bonchev–Trinajstić information content (AvgIpc) is 2.07. The van der Waals surface area contributed by atoms with Crippen molar-refractivity contribution in [2.75, 3.05) is 0 Å². The summed E-state index contributed by atoms with van der Waals surface area (Å²) >= 11 is 5.78. The molecular weight excluding hydrogens is 187 g/mol.